The largest absolute Gasteiger partial charge is 0.353 e. The molecule has 1 saturated heterocycles. The van der Waals surface area contributed by atoms with E-state index in [1.807, 2.05) is 0 Å². The number of hydrogen-bond donors (Lipinski definition) is 2. The SMILES string of the molecule is O=C1CN(C(=O)c2ccc(CNC(=O)c3ccc(Cl)c(Cl)c3)cc2)CCN1. The monoisotopic (exact) mass is 405 g/mol. The highest BCUT2D eigenvalue weighted by Crippen LogP contribution is 2.22. The van der Waals surface area contributed by atoms with Crippen LogP contribution < -0.4 is 10.6 Å². The molecule has 0 unspecified atom stereocenters. The molecule has 6 nitrogen and oxygen atoms in total. The normalized spacial score (nSPS) is 13.9. The summed E-state index contributed by atoms with van der Waals surface area (Å²) < 4.78 is 0. The van der Waals surface area contributed by atoms with Gasteiger partial charge in [-0.05, 0) is 35.9 Å². The molecule has 0 atom stereocenters. The Morgan fingerprint density at radius 1 is 1.04 bits per heavy atom. The van der Waals surface area contributed by atoms with Crippen LogP contribution in [-0.4, -0.2) is 42.3 Å². The molecule has 27 heavy (non-hydrogen) atoms. The van der Waals surface area contributed by atoms with E-state index >= 15 is 0 Å². The first-order valence-corrected chi connectivity index (χ1v) is 9.08. The third-order valence-electron chi connectivity index (χ3n) is 4.16. The number of rotatable bonds is 4. The lowest BCUT2D eigenvalue weighted by Gasteiger charge is -2.26. The van der Waals surface area contributed by atoms with Crippen molar-refractivity contribution in [2.75, 3.05) is 19.6 Å². The topological polar surface area (TPSA) is 78.5 Å². The Hall–Kier alpha value is -2.57. The third kappa shape index (κ3) is 4.78. The summed E-state index contributed by atoms with van der Waals surface area (Å²) in [4.78, 5) is 37.5. The van der Waals surface area contributed by atoms with Gasteiger partial charge in [-0.25, -0.2) is 0 Å². The first-order valence-electron chi connectivity index (χ1n) is 8.32. The van der Waals surface area contributed by atoms with Crippen LogP contribution in [0.5, 0.6) is 0 Å². The highest BCUT2D eigenvalue weighted by molar-refractivity contribution is 6.42. The number of nitrogens with zero attached hydrogens (tertiary/aromatic N) is 1. The first kappa shape index (κ1) is 19.2. The minimum Gasteiger partial charge on any atom is -0.353 e. The molecule has 3 amide bonds. The minimum absolute atomic E-state index is 0.0697. The summed E-state index contributed by atoms with van der Waals surface area (Å²) >= 11 is 11.8. The summed E-state index contributed by atoms with van der Waals surface area (Å²) in [5, 5.41) is 6.18. The van der Waals surface area contributed by atoms with Gasteiger partial charge in [0.1, 0.15) is 0 Å². The molecule has 1 fully saturated rings. The van der Waals surface area contributed by atoms with E-state index in [0.717, 1.165) is 5.56 Å². The first-order chi connectivity index (χ1) is 12.9. The molecule has 2 aromatic carbocycles. The van der Waals surface area contributed by atoms with E-state index in [-0.39, 0.29) is 24.3 Å². The van der Waals surface area contributed by atoms with Crippen molar-refractivity contribution < 1.29 is 14.4 Å². The van der Waals surface area contributed by atoms with Gasteiger partial charge in [0.2, 0.25) is 5.91 Å². The standard InChI is InChI=1S/C19H17Cl2N3O3/c20-15-6-5-14(9-16(15)21)18(26)23-10-12-1-3-13(4-2-12)19(27)24-8-7-22-17(25)11-24/h1-6,9H,7-8,10-11H2,(H,22,25)(H,23,26). The van der Waals surface area contributed by atoms with E-state index in [0.29, 0.717) is 40.8 Å². The molecule has 1 aliphatic rings. The second-order valence-corrected chi connectivity index (χ2v) is 6.90. The van der Waals surface area contributed by atoms with Gasteiger partial charge in [0.25, 0.3) is 11.8 Å². The van der Waals surface area contributed by atoms with Crippen molar-refractivity contribution in [3.63, 3.8) is 0 Å². The molecule has 0 radical (unpaired) electrons. The summed E-state index contributed by atoms with van der Waals surface area (Å²) in [5.74, 6) is -0.611. The zero-order chi connectivity index (χ0) is 19.4. The molecule has 0 aromatic heterocycles. The van der Waals surface area contributed by atoms with E-state index in [1.54, 1.807) is 36.4 Å². The fourth-order valence-corrected chi connectivity index (χ4v) is 2.98. The highest BCUT2D eigenvalue weighted by atomic mass is 35.5. The Morgan fingerprint density at radius 3 is 2.41 bits per heavy atom. The molecule has 8 heteroatoms. The van der Waals surface area contributed by atoms with Crippen LogP contribution in [-0.2, 0) is 11.3 Å². The van der Waals surface area contributed by atoms with Crippen LogP contribution >= 0.6 is 23.2 Å². The molecule has 0 spiro atoms. The molecule has 2 aromatic rings. The maximum Gasteiger partial charge on any atom is 0.254 e. The number of carbonyl (C=O) groups is 3. The van der Waals surface area contributed by atoms with Crippen LogP contribution in [0.15, 0.2) is 42.5 Å². The quantitative estimate of drug-likeness (QED) is 0.819. The van der Waals surface area contributed by atoms with Crippen LogP contribution in [0.1, 0.15) is 26.3 Å². The molecule has 0 saturated carbocycles. The lowest BCUT2D eigenvalue weighted by molar-refractivity contribution is -0.123. The predicted octanol–water partition coefficient (Wildman–Crippen LogP) is 2.50. The fraction of sp³-hybridized carbons (Fsp3) is 0.211. The van der Waals surface area contributed by atoms with Crippen molar-refractivity contribution in [3.8, 4) is 0 Å². The molecular weight excluding hydrogens is 389 g/mol. The van der Waals surface area contributed by atoms with Crippen LogP contribution in [0.3, 0.4) is 0 Å². The minimum atomic E-state index is -0.270. The van der Waals surface area contributed by atoms with Crippen molar-refractivity contribution in [1.82, 2.24) is 15.5 Å². The van der Waals surface area contributed by atoms with Gasteiger partial charge in [-0.2, -0.15) is 0 Å². The van der Waals surface area contributed by atoms with Crippen LogP contribution in [0.4, 0.5) is 0 Å². The van der Waals surface area contributed by atoms with Gasteiger partial charge >= 0.3 is 0 Å². The van der Waals surface area contributed by atoms with E-state index in [9.17, 15) is 14.4 Å². The maximum absolute atomic E-state index is 12.4. The average Bonchev–Trinajstić information content (AvgIpc) is 2.68. The van der Waals surface area contributed by atoms with Crippen molar-refractivity contribution in [3.05, 3.63) is 69.2 Å². The third-order valence-corrected chi connectivity index (χ3v) is 4.90. The Labute approximate surface area is 166 Å². The molecule has 0 aliphatic carbocycles. The van der Waals surface area contributed by atoms with Crippen LogP contribution in [0, 0.1) is 0 Å². The average molecular weight is 406 g/mol. The Balaban J connectivity index is 1.58. The van der Waals surface area contributed by atoms with Gasteiger partial charge < -0.3 is 15.5 Å². The molecular formula is C19H17Cl2N3O3. The predicted molar refractivity (Wildman–Crippen MR) is 103 cm³/mol. The summed E-state index contributed by atoms with van der Waals surface area (Å²) in [7, 11) is 0. The zero-order valence-electron chi connectivity index (χ0n) is 14.3. The van der Waals surface area contributed by atoms with Gasteiger partial charge in [0.05, 0.1) is 16.6 Å². The molecule has 1 aliphatic heterocycles. The van der Waals surface area contributed by atoms with E-state index in [4.69, 9.17) is 23.2 Å². The second kappa shape index (κ2) is 8.41. The molecule has 3 rings (SSSR count). The van der Waals surface area contributed by atoms with E-state index in [2.05, 4.69) is 10.6 Å². The lowest BCUT2D eigenvalue weighted by Crippen LogP contribution is -2.49. The second-order valence-electron chi connectivity index (χ2n) is 6.09. The van der Waals surface area contributed by atoms with Gasteiger partial charge in [0, 0.05) is 30.8 Å². The Morgan fingerprint density at radius 2 is 1.74 bits per heavy atom. The zero-order valence-corrected chi connectivity index (χ0v) is 15.8. The van der Waals surface area contributed by atoms with Crippen LogP contribution in [0.2, 0.25) is 10.0 Å². The van der Waals surface area contributed by atoms with E-state index < -0.39 is 0 Å². The lowest BCUT2D eigenvalue weighted by atomic mass is 10.1. The number of carbonyl (C=O) groups excluding carboxylic acids is 3. The molecule has 2 N–H and O–H groups in total. The molecule has 140 valence electrons. The van der Waals surface area contributed by atoms with Gasteiger partial charge in [-0.3, -0.25) is 14.4 Å². The van der Waals surface area contributed by atoms with Gasteiger partial charge in [-0.15, -0.1) is 0 Å². The Kier molecular flexibility index (Phi) is 5.98. The van der Waals surface area contributed by atoms with Gasteiger partial charge in [-0.1, -0.05) is 35.3 Å². The fourth-order valence-electron chi connectivity index (χ4n) is 2.68. The number of halogens is 2. The molecule has 1 heterocycles. The summed E-state index contributed by atoms with van der Waals surface area (Å²) in [6.07, 6.45) is 0. The van der Waals surface area contributed by atoms with Crippen molar-refractivity contribution in [2.45, 2.75) is 6.54 Å². The molecule has 0 bridgehead atoms. The Bertz CT molecular complexity index is 884. The summed E-state index contributed by atoms with van der Waals surface area (Å²) in [5.41, 5.74) is 1.76. The number of hydrogen-bond acceptors (Lipinski definition) is 3. The highest BCUT2D eigenvalue weighted by Gasteiger charge is 2.22. The van der Waals surface area contributed by atoms with E-state index in [1.165, 1.54) is 11.0 Å². The number of benzene rings is 2. The van der Waals surface area contributed by atoms with Crippen molar-refractivity contribution in [1.29, 1.82) is 0 Å². The smallest absolute Gasteiger partial charge is 0.254 e. The summed E-state index contributed by atoms with van der Waals surface area (Å²) in [6.45, 7) is 1.33. The summed E-state index contributed by atoms with van der Waals surface area (Å²) in [6, 6.07) is 11.6. The maximum atomic E-state index is 12.4. The van der Waals surface area contributed by atoms with Crippen molar-refractivity contribution in [2.24, 2.45) is 0 Å². The number of amides is 3. The number of piperazine rings is 1. The van der Waals surface area contributed by atoms with Crippen molar-refractivity contribution >= 4 is 40.9 Å². The van der Waals surface area contributed by atoms with Gasteiger partial charge in [0.15, 0.2) is 0 Å². The van der Waals surface area contributed by atoms with Crippen LogP contribution in [0.25, 0.3) is 0 Å². The number of nitrogens with one attached hydrogen (secondary N) is 2.